The van der Waals surface area contributed by atoms with Crippen LogP contribution in [0, 0.1) is 0 Å². The first-order chi connectivity index (χ1) is 16.5. The minimum atomic E-state index is -0.500. The van der Waals surface area contributed by atoms with Crippen LogP contribution >= 0.6 is 0 Å². The molecule has 0 saturated heterocycles. The predicted molar refractivity (Wildman–Crippen MR) is 129 cm³/mol. The molecule has 1 N–H and O–H groups in total. The molecule has 1 amide bonds. The second-order valence-corrected chi connectivity index (χ2v) is 8.42. The van der Waals surface area contributed by atoms with E-state index in [4.69, 9.17) is 37.9 Å². The smallest absolute Gasteiger partial charge is 0.407 e. The third-order valence-corrected chi connectivity index (χ3v) is 4.04. The minimum absolute atomic E-state index is 0.394. The van der Waals surface area contributed by atoms with E-state index in [0.717, 1.165) is 13.0 Å². The van der Waals surface area contributed by atoms with Gasteiger partial charge < -0.3 is 43.2 Å². The van der Waals surface area contributed by atoms with Gasteiger partial charge in [-0.25, -0.2) is 4.79 Å². The molecule has 0 bridgehead atoms. The molecule has 0 aromatic rings. The van der Waals surface area contributed by atoms with E-state index in [2.05, 4.69) is 12.2 Å². The minimum Gasteiger partial charge on any atom is -0.444 e. The largest absolute Gasteiger partial charge is 0.444 e. The van der Waals surface area contributed by atoms with Gasteiger partial charge in [0.25, 0.3) is 0 Å². The Morgan fingerprint density at radius 1 is 0.559 bits per heavy atom. The van der Waals surface area contributed by atoms with E-state index in [-0.39, 0.29) is 0 Å². The van der Waals surface area contributed by atoms with Crippen LogP contribution in [0.3, 0.4) is 0 Å². The molecule has 0 aliphatic heterocycles. The van der Waals surface area contributed by atoms with Crippen molar-refractivity contribution >= 4 is 6.09 Å². The number of amides is 1. The second kappa shape index (κ2) is 25.1. The summed E-state index contributed by atoms with van der Waals surface area (Å²) < 4.78 is 43.1. The highest BCUT2D eigenvalue weighted by molar-refractivity contribution is 5.67. The molecule has 0 unspecified atom stereocenters. The summed E-state index contributed by atoms with van der Waals surface area (Å²) in [6.45, 7) is 15.6. The van der Waals surface area contributed by atoms with Gasteiger partial charge in [0.05, 0.1) is 85.9 Å². The van der Waals surface area contributed by atoms with Crippen LogP contribution in [0.2, 0.25) is 0 Å². The zero-order chi connectivity index (χ0) is 25.2. The van der Waals surface area contributed by atoms with Gasteiger partial charge in [-0.1, -0.05) is 19.8 Å². The molecule has 0 spiro atoms. The van der Waals surface area contributed by atoms with Crippen LogP contribution in [0.1, 0.15) is 47.0 Å². The Bertz CT molecular complexity index is 433. The fraction of sp³-hybridized carbons (Fsp3) is 0.958. The molecule has 0 aliphatic carbocycles. The van der Waals surface area contributed by atoms with E-state index >= 15 is 0 Å². The summed E-state index contributed by atoms with van der Waals surface area (Å²) in [6.07, 6.45) is 3.10. The van der Waals surface area contributed by atoms with Gasteiger partial charge in [-0.2, -0.15) is 0 Å². The lowest BCUT2D eigenvalue weighted by Crippen LogP contribution is -2.34. The first-order valence-electron chi connectivity index (χ1n) is 12.5. The van der Waals surface area contributed by atoms with Gasteiger partial charge in [-0.15, -0.1) is 0 Å². The third-order valence-electron chi connectivity index (χ3n) is 4.04. The van der Waals surface area contributed by atoms with Gasteiger partial charge in [0, 0.05) is 13.2 Å². The van der Waals surface area contributed by atoms with Gasteiger partial charge in [-0.3, -0.25) is 0 Å². The van der Waals surface area contributed by atoms with Gasteiger partial charge in [0.2, 0.25) is 0 Å². The normalized spacial score (nSPS) is 11.6. The highest BCUT2D eigenvalue weighted by Crippen LogP contribution is 2.06. The van der Waals surface area contributed by atoms with Crippen molar-refractivity contribution in [2.24, 2.45) is 0 Å². The maximum Gasteiger partial charge on any atom is 0.407 e. The van der Waals surface area contributed by atoms with E-state index in [9.17, 15) is 4.79 Å². The van der Waals surface area contributed by atoms with E-state index in [1.165, 1.54) is 12.8 Å². The third kappa shape index (κ3) is 29.0. The number of alkyl carbamates (subject to hydrolysis) is 1. The van der Waals surface area contributed by atoms with Crippen molar-refractivity contribution in [3.05, 3.63) is 0 Å². The molecular formula is C24H49NO9. The van der Waals surface area contributed by atoms with E-state index in [1.54, 1.807) is 0 Å². The Balaban J connectivity index is 3.10. The molecule has 0 aromatic heterocycles. The lowest BCUT2D eigenvalue weighted by Gasteiger charge is -2.19. The van der Waals surface area contributed by atoms with Crippen LogP contribution in [0.4, 0.5) is 4.79 Å². The molecule has 0 aromatic carbocycles. The van der Waals surface area contributed by atoms with Crippen molar-refractivity contribution in [2.45, 2.75) is 52.6 Å². The first-order valence-corrected chi connectivity index (χ1v) is 12.5. The average Bonchev–Trinajstić information content (AvgIpc) is 2.78. The van der Waals surface area contributed by atoms with Crippen LogP contribution in [0.25, 0.3) is 0 Å². The highest BCUT2D eigenvalue weighted by Gasteiger charge is 2.15. The Hall–Kier alpha value is -1.01. The second-order valence-electron chi connectivity index (χ2n) is 8.42. The van der Waals surface area contributed by atoms with Crippen molar-refractivity contribution in [1.82, 2.24) is 5.32 Å². The molecule has 0 aliphatic rings. The van der Waals surface area contributed by atoms with Crippen LogP contribution in [-0.2, 0) is 37.9 Å². The Morgan fingerprint density at radius 3 is 1.26 bits per heavy atom. The fourth-order valence-electron chi connectivity index (χ4n) is 2.42. The van der Waals surface area contributed by atoms with Crippen molar-refractivity contribution in [1.29, 1.82) is 0 Å². The highest BCUT2D eigenvalue weighted by atomic mass is 16.6. The van der Waals surface area contributed by atoms with E-state index in [1.807, 2.05) is 20.8 Å². The lowest BCUT2D eigenvalue weighted by molar-refractivity contribution is -0.0205. The average molecular weight is 496 g/mol. The van der Waals surface area contributed by atoms with Gasteiger partial charge in [0.1, 0.15) is 5.60 Å². The van der Waals surface area contributed by atoms with Gasteiger partial charge >= 0.3 is 6.09 Å². The molecule has 0 saturated carbocycles. The summed E-state index contributed by atoms with van der Waals surface area (Å²) in [7, 11) is 0. The van der Waals surface area contributed by atoms with Crippen molar-refractivity contribution < 1.29 is 42.7 Å². The van der Waals surface area contributed by atoms with Gasteiger partial charge in [-0.05, 0) is 27.2 Å². The predicted octanol–water partition coefficient (Wildman–Crippen LogP) is 2.82. The topological polar surface area (TPSA) is 103 Å². The maximum absolute atomic E-state index is 11.4. The summed E-state index contributed by atoms with van der Waals surface area (Å²) in [5.74, 6) is 0. The molecule has 204 valence electrons. The Morgan fingerprint density at radius 2 is 0.912 bits per heavy atom. The number of nitrogens with one attached hydrogen (secondary N) is 1. The number of carbonyl (C=O) groups is 1. The fourth-order valence-corrected chi connectivity index (χ4v) is 2.42. The summed E-state index contributed by atoms with van der Waals surface area (Å²) in [5, 5.41) is 2.63. The zero-order valence-corrected chi connectivity index (χ0v) is 21.9. The molecule has 0 rings (SSSR count). The molecular weight excluding hydrogens is 446 g/mol. The van der Waals surface area contributed by atoms with Crippen molar-refractivity contribution in [3.8, 4) is 0 Å². The quantitative estimate of drug-likeness (QED) is 0.192. The summed E-state index contributed by atoms with van der Waals surface area (Å²) in [6, 6.07) is 0. The van der Waals surface area contributed by atoms with Gasteiger partial charge in [0.15, 0.2) is 0 Å². The molecule has 0 fully saturated rings. The van der Waals surface area contributed by atoms with Crippen LogP contribution < -0.4 is 5.32 Å². The zero-order valence-electron chi connectivity index (χ0n) is 21.9. The van der Waals surface area contributed by atoms with Crippen LogP contribution in [0.15, 0.2) is 0 Å². The Kier molecular flexibility index (Phi) is 24.3. The molecule has 34 heavy (non-hydrogen) atoms. The standard InChI is InChI=1S/C24H49NO9/c1-5-6-7-9-27-11-13-29-15-17-31-19-21-33-22-20-32-18-16-30-14-12-28-10-8-25-23(26)34-24(2,3)4/h5-22H2,1-4H3,(H,25,26). The van der Waals surface area contributed by atoms with Crippen molar-refractivity contribution in [2.75, 3.05) is 99.0 Å². The number of carbonyl (C=O) groups excluding carboxylic acids is 1. The summed E-state index contributed by atoms with van der Waals surface area (Å²) in [4.78, 5) is 11.4. The Labute approximate surface area is 206 Å². The number of ether oxygens (including phenoxy) is 8. The molecule has 0 atom stereocenters. The molecule has 0 radical (unpaired) electrons. The summed E-state index contributed by atoms with van der Waals surface area (Å²) in [5.41, 5.74) is -0.500. The van der Waals surface area contributed by atoms with Crippen LogP contribution in [0.5, 0.6) is 0 Å². The number of rotatable bonds is 25. The SMILES string of the molecule is CCCCCOCCOCCOCCOCCOCCOCCOCCNC(=O)OC(C)(C)C. The molecule has 10 heteroatoms. The van der Waals surface area contributed by atoms with Crippen LogP contribution in [-0.4, -0.2) is 111 Å². The number of hydrogen-bond donors (Lipinski definition) is 1. The monoisotopic (exact) mass is 495 g/mol. The van der Waals surface area contributed by atoms with E-state index < -0.39 is 11.7 Å². The molecule has 10 nitrogen and oxygen atoms in total. The molecule has 0 heterocycles. The lowest BCUT2D eigenvalue weighted by atomic mass is 10.2. The first kappa shape index (κ1) is 33.0. The number of hydrogen-bond acceptors (Lipinski definition) is 9. The van der Waals surface area contributed by atoms with E-state index in [0.29, 0.717) is 92.4 Å². The maximum atomic E-state index is 11.4. The number of unbranched alkanes of at least 4 members (excludes halogenated alkanes) is 2. The summed E-state index contributed by atoms with van der Waals surface area (Å²) >= 11 is 0. The van der Waals surface area contributed by atoms with Crippen molar-refractivity contribution in [3.63, 3.8) is 0 Å².